The Bertz CT molecular complexity index is 650. The van der Waals surface area contributed by atoms with Crippen LogP contribution in [0.2, 0.25) is 0 Å². The summed E-state index contributed by atoms with van der Waals surface area (Å²) in [6.07, 6.45) is 0.692. The van der Waals surface area contributed by atoms with Crippen LogP contribution in [0.3, 0.4) is 0 Å². The van der Waals surface area contributed by atoms with Crippen molar-refractivity contribution in [1.29, 1.82) is 0 Å². The summed E-state index contributed by atoms with van der Waals surface area (Å²) >= 11 is 0. The van der Waals surface area contributed by atoms with Gasteiger partial charge in [-0.3, -0.25) is 10.1 Å². The van der Waals surface area contributed by atoms with Gasteiger partial charge in [-0.25, -0.2) is 8.42 Å². The summed E-state index contributed by atoms with van der Waals surface area (Å²) in [6.45, 7) is 5.49. The number of hydrogen-bond acceptors (Lipinski definition) is 5. The molecular formula is C13H19N3O4S. The first-order valence-corrected chi connectivity index (χ1v) is 8.24. The molecule has 0 saturated carbocycles. The molecule has 1 aliphatic heterocycles. The SMILES string of the molecule is Cc1cc([N+](=O)[O-])c(S(=O)(=O)N2CCCNCC2)cc1C. The first-order chi connectivity index (χ1) is 9.84. The molecule has 0 radical (unpaired) electrons. The third-order valence-corrected chi connectivity index (χ3v) is 5.62. The fraction of sp³-hybridized carbons (Fsp3) is 0.538. The molecule has 1 saturated heterocycles. The van der Waals surface area contributed by atoms with Gasteiger partial charge in [-0.05, 0) is 44.0 Å². The average molecular weight is 313 g/mol. The van der Waals surface area contributed by atoms with Gasteiger partial charge in [0.15, 0.2) is 4.90 Å². The lowest BCUT2D eigenvalue weighted by Gasteiger charge is -2.20. The van der Waals surface area contributed by atoms with Crippen molar-refractivity contribution in [2.45, 2.75) is 25.2 Å². The number of nitrogens with zero attached hydrogens (tertiary/aromatic N) is 2. The van der Waals surface area contributed by atoms with Gasteiger partial charge < -0.3 is 5.32 Å². The minimum absolute atomic E-state index is 0.211. The van der Waals surface area contributed by atoms with E-state index < -0.39 is 14.9 Å². The maximum atomic E-state index is 12.7. The van der Waals surface area contributed by atoms with Crippen LogP contribution >= 0.6 is 0 Å². The molecular weight excluding hydrogens is 294 g/mol. The first-order valence-electron chi connectivity index (χ1n) is 6.80. The maximum absolute atomic E-state index is 12.7. The summed E-state index contributed by atoms with van der Waals surface area (Å²) in [5.41, 5.74) is 1.08. The Morgan fingerprint density at radius 2 is 1.86 bits per heavy atom. The predicted molar refractivity (Wildman–Crippen MR) is 78.8 cm³/mol. The highest BCUT2D eigenvalue weighted by molar-refractivity contribution is 7.89. The van der Waals surface area contributed by atoms with Crippen molar-refractivity contribution in [1.82, 2.24) is 9.62 Å². The van der Waals surface area contributed by atoms with Crippen LogP contribution in [-0.4, -0.2) is 43.8 Å². The number of sulfonamides is 1. The van der Waals surface area contributed by atoms with Crippen LogP contribution in [0.5, 0.6) is 0 Å². The molecule has 1 aromatic carbocycles. The normalized spacial score (nSPS) is 17.4. The van der Waals surface area contributed by atoms with Crippen molar-refractivity contribution in [2.75, 3.05) is 26.2 Å². The van der Waals surface area contributed by atoms with Crippen molar-refractivity contribution in [2.24, 2.45) is 0 Å². The second-order valence-electron chi connectivity index (χ2n) is 5.17. The molecule has 1 heterocycles. The Kier molecular flexibility index (Phi) is 4.60. The Labute approximate surface area is 124 Å². The number of benzene rings is 1. The van der Waals surface area contributed by atoms with Crippen molar-refractivity contribution >= 4 is 15.7 Å². The zero-order chi connectivity index (χ0) is 15.6. The molecule has 0 bridgehead atoms. The van der Waals surface area contributed by atoms with Gasteiger partial charge in [-0.1, -0.05) is 0 Å². The summed E-state index contributed by atoms with van der Waals surface area (Å²) in [5.74, 6) is 0. The zero-order valence-corrected chi connectivity index (χ0v) is 12.9. The van der Waals surface area contributed by atoms with Gasteiger partial charge in [0, 0.05) is 25.7 Å². The second-order valence-corrected chi connectivity index (χ2v) is 7.08. The third-order valence-electron chi connectivity index (χ3n) is 3.69. The number of rotatable bonds is 3. The average Bonchev–Trinajstić information content (AvgIpc) is 2.70. The highest BCUT2D eigenvalue weighted by Gasteiger charge is 2.32. The number of aryl methyl sites for hydroxylation is 2. The molecule has 21 heavy (non-hydrogen) atoms. The van der Waals surface area contributed by atoms with E-state index in [1.54, 1.807) is 13.8 Å². The summed E-state index contributed by atoms with van der Waals surface area (Å²) in [4.78, 5) is 10.4. The summed E-state index contributed by atoms with van der Waals surface area (Å²) in [5, 5.41) is 14.3. The minimum Gasteiger partial charge on any atom is -0.315 e. The highest BCUT2D eigenvalue weighted by atomic mass is 32.2. The lowest BCUT2D eigenvalue weighted by atomic mass is 10.1. The molecule has 0 aliphatic carbocycles. The van der Waals surface area contributed by atoms with E-state index >= 15 is 0 Å². The van der Waals surface area contributed by atoms with Gasteiger partial charge in [0.2, 0.25) is 10.0 Å². The van der Waals surface area contributed by atoms with Crippen molar-refractivity contribution in [3.05, 3.63) is 33.4 Å². The topological polar surface area (TPSA) is 92.5 Å². The number of nitrogens with one attached hydrogen (secondary N) is 1. The molecule has 1 aliphatic rings. The maximum Gasteiger partial charge on any atom is 0.289 e. The van der Waals surface area contributed by atoms with E-state index in [1.165, 1.54) is 16.4 Å². The van der Waals surface area contributed by atoms with Crippen LogP contribution in [-0.2, 0) is 10.0 Å². The molecule has 0 unspecified atom stereocenters. The van der Waals surface area contributed by atoms with Crippen molar-refractivity contribution < 1.29 is 13.3 Å². The quantitative estimate of drug-likeness (QED) is 0.668. The van der Waals surface area contributed by atoms with E-state index in [1.807, 2.05) is 0 Å². The highest BCUT2D eigenvalue weighted by Crippen LogP contribution is 2.29. The number of hydrogen-bond donors (Lipinski definition) is 1. The van der Waals surface area contributed by atoms with Crippen LogP contribution in [0.4, 0.5) is 5.69 Å². The Morgan fingerprint density at radius 3 is 2.52 bits per heavy atom. The molecule has 1 N–H and O–H groups in total. The Balaban J connectivity index is 2.52. The largest absolute Gasteiger partial charge is 0.315 e. The van der Waals surface area contributed by atoms with Crippen molar-refractivity contribution in [3.63, 3.8) is 0 Å². The lowest BCUT2D eigenvalue weighted by molar-refractivity contribution is -0.387. The van der Waals surface area contributed by atoms with Crippen LogP contribution in [0, 0.1) is 24.0 Å². The molecule has 0 atom stereocenters. The van der Waals surface area contributed by atoms with Gasteiger partial charge in [0.25, 0.3) is 5.69 Å². The summed E-state index contributed by atoms with van der Waals surface area (Å²) in [7, 11) is -3.85. The minimum atomic E-state index is -3.85. The van der Waals surface area contributed by atoms with Crippen LogP contribution in [0.1, 0.15) is 17.5 Å². The molecule has 0 aromatic heterocycles. The summed E-state index contributed by atoms with van der Waals surface area (Å²) < 4.78 is 26.8. The lowest BCUT2D eigenvalue weighted by Crippen LogP contribution is -2.34. The number of nitro groups is 1. The molecule has 2 rings (SSSR count). The standard InChI is InChI=1S/C13H19N3O4S/c1-10-8-12(16(17)18)13(9-11(10)2)21(19,20)15-6-3-4-14-5-7-15/h8-9,14H,3-7H2,1-2H3. The molecule has 8 heteroatoms. The molecule has 7 nitrogen and oxygen atoms in total. The Morgan fingerprint density at radius 1 is 1.19 bits per heavy atom. The van der Waals surface area contributed by atoms with Crippen molar-refractivity contribution in [3.8, 4) is 0 Å². The molecule has 116 valence electrons. The molecule has 0 amide bonds. The fourth-order valence-electron chi connectivity index (χ4n) is 2.32. The van der Waals surface area contributed by atoms with E-state index in [-0.39, 0.29) is 10.6 Å². The summed E-state index contributed by atoms with van der Waals surface area (Å²) in [6, 6.07) is 2.74. The van der Waals surface area contributed by atoms with Crippen LogP contribution < -0.4 is 5.32 Å². The third kappa shape index (κ3) is 3.22. The first kappa shape index (κ1) is 15.9. The van der Waals surface area contributed by atoms with E-state index in [9.17, 15) is 18.5 Å². The van der Waals surface area contributed by atoms with E-state index in [2.05, 4.69) is 5.32 Å². The van der Waals surface area contributed by atoms with E-state index in [0.29, 0.717) is 31.6 Å². The second kappa shape index (κ2) is 6.08. The van der Waals surface area contributed by atoms with E-state index in [0.717, 1.165) is 12.1 Å². The van der Waals surface area contributed by atoms with Gasteiger partial charge in [0.05, 0.1) is 4.92 Å². The van der Waals surface area contributed by atoms with Gasteiger partial charge >= 0.3 is 0 Å². The monoisotopic (exact) mass is 313 g/mol. The smallest absolute Gasteiger partial charge is 0.289 e. The van der Waals surface area contributed by atoms with Gasteiger partial charge in [-0.15, -0.1) is 0 Å². The molecule has 1 aromatic rings. The zero-order valence-electron chi connectivity index (χ0n) is 12.1. The van der Waals surface area contributed by atoms with Crippen LogP contribution in [0.15, 0.2) is 17.0 Å². The molecule has 1 fully saturated rings. The van der Waals surface area contributed by atoms with E-state index in [4.69, 9.17) is 0 Å². The Hall–Kier alpha value is -1.51. The van der Waals surface area contributed by atoms with Gasteiger partial charge in [-0.2, -0.15) is 4.31 Å². The fourth-order valence-corrected chi connectivity index (χ4v) is 4.03. The van der Waals surface area contributed by atoms with Crippen LogP contribution in [0.25, 0.3) is 0 Å². The van der Waals surface area contributed by atoms with Gasteiger partial charge in [0.1, 0.15) is 0 Å². The number of nitro benzene ring substituents is 1. The molecule has 0 spiro atoms. The predicted octanol–water partition coefficient (Wildman–Crippen LogP) is 1.20.